The highest BCUT2D eigenvalue weighted by Crippen LogP contribution is 2.28. The fraction of sp³-hybridized carbons (Fsp3) is 0.286. The first-order valence-electron chi connectivity index (χ1n) is 6.12. The van der Waals surface area contributed by atoms with Gasteiger partial charge >= 0.3 is 5.97 Å². The van der Waals surface area contributed by atoms with Gasteiger partial charge in [0.2, 0.25) is 0 Å². The van der Waals surface area contributed by atoms with Crippen LogP contribution < -0.4 is 4.74 Å². The number of benzene rings is 1. The first kappa shape index (κ1) is 14.0. The zero-order valence-corrected chi connectivity index (χ0v) is 11.4. The van der Waals surface area contributed by atoms with Crippen LogP contribution in [0.4, 0.5) is 4.39 Å². The van der Waals surface area contributed by atoms with Crippen LogP contribution in [0.1, 0.15) is 24.2 Å². The Kier molecular flexibility index (Phi) is 3.74. The van der Waals surface area contributed by atoms with Gasteiger partial charge in [-0.15, -0.1) is 0 Å². The molecule has 5 nitrogen and oxygen atoms in total. The Balaban J connectivity index is 2.47. The monoisotopic (exact) mass is 278 g/mol. The predicted molar refractivity (Wildman–Crippen MR) is 71.3 cm³/mol. The number of halogens is 1. The summed E-state index contributed by atoms with van der Waals surface area (Å²) in [6.07, 6.45) is 1.11. The minimum absolute atomic E-state index is 0.0319. The molecule has 0 unspecified atom stereocenters. The van der Waals surface area contributed by atoms with Crippen molar-refractivity contribution in [2.45, 2.75) is 20.0 Å². The van der Waals surface area contributed by atoms with E-state index in [0.717, 1.165) is 0 Å². The van der Waals surface area contributed by atoms with E-state index in [1.807, 2.05) is 0 Å². The molecule has 0 spiro atoms. The topological polar surface area (TPSA) is 64.3 Å². The molecule has 1 aromatic carbocycles. The SMILES string of the molecule is CC(C)Oc1ccc(-c2c(C(=O)O)cnn2C)cc1F. The van der Waals surface area contributed by atoms with Gasteiger partial charge < -0.3 is 9.84 Å². The summed E-state index contributed by atoms with van der Waals surface area (Å²) >= 11 is 0. The maximum absolute atomic E-state index is 14.0. The number of aryl methyl sites for hydroxylation is 1. The number of carbonyl (C=O) groups is 1. The first-order valence-corrected chi connectivity index (χ1v) is 6.12. The van der Waals surface area contributed by atoms with Crippen molar-refractivity contribution in [2.75, 3.05) is 0 Å². The van der Waals surface area contributed by atoms with Gasteiger partial charge in [0.25, 0.3) is 0 Å². The van der Waals surface area contributed by atoms with Crippen LogP contribution in [0.5, 0.6) is 5.75 Å². The van der Waals surface area contributed by atoms with E-state index in [1.165, 1.54) is 23.0 Å². The molecule has 20 heavy (non-hydrogen) atoms. The number of hydrogen-bond donors (Lipinski definition) is 1. The van der Waals surface area contributed by atoms with Crippen molar-refractivity contribution in [3.63, 3.8) is 0 Å². The van der Waals surface area contributed by atoms with Crippen molar-refractivity contribution in [2.24, 2.45) is 7.05 Å². The van der Waals surface area contributed by atoms with Crippen LogP contribution in [0.15, 0.2) is 24.4 Å². The molecule has 2 rings (SSSR count). The van der Waals surface area contributed by atoms with E-state index in [2.05, 4.69) is 5.10 Å². The number of nitrogens with zero attached hydrogens (tertiary/aromatic N) is 2. The van der Waals surface area contributed by atoms with Gasteiger partial charge in [-0.1, -0.05) is 0 Å². The molecule has 106 valence electrons. The molecule has 0 aliphatic carbocycles. The number of carboxylic acid groups (broad SMARTS) is 1. The number of carboxylic acids is 1. The standard InChI is InChI=1S/C14H15FN2O3/c1-8(2)20-12-5-4-9(6-11(12)15)13-10(14(18)19)7-16-17(13)3/h4-8H,1-3H3,(H,18,19). The van der Waals surface area contributed by atoms with Crippen molar-refractivity contribution in [3.8, 4) is 17.0 Å². The Morgan fingerprint density at radius 3 is 2.70 bits per heavy atom. The minimum Gasteiger partial charge on any atom is -0.488 e. The van der Waals surface area contributed by atoms with Gasteiger partial charge in [0.05, 0.1) is 18.0 Å². The molecule has 6 heteroatoms. The second-order valence-corrected chi connectivity index (χ2v) is 4.65. The third-order valence-electron chi connectivity index (χ3n) is 2.74. The molecule has 2 aromatic rings. The smallest absolute Gasteiger partial charge is 0.339 e. The summed E-state index contributed by atoms with van der Waals surface area (Å²) < 4.78 is 20.7. The van der Waals surface area contributed by atoms with Crippen molar-refractivity contribution in [1.82, 2.24) is 9.78 Å². The highest BCUT2D eigenvalue weighted by Gasteiger charge is 2.18. The number of aromatic nitrogens is 2. The molecule has 0 fully saturated rings. The van der Waals surface area contributed by atoms with Crippen LogP contribution >= 0.6 is 0 Å². The second-order valence-electron chi connectivity index (χ2n) is 4.65. The number of ether oxygens (including phenoxy) is 1. The van der Waals surface area contributed by atoms with Gasteiger partial charge in [-0.25, -0.2) is 9.18 Å². The Hall–Kier alpha value is -2.37. The quantitative estimate of drug-likeness (QED) is 0.934. The van der Waals surface area contributed by atoms with Gasteiger partial charge in [-0.3, -0.25) is 4.68 Å². The molecule has 0 bridgehead atoms. The molecular weight excluding hydrogens is 263 g/mol. The van der Waals surface area contributed by atoms with E-state index in [9.17, 15) is 9.18 Å². The van der Waals surface area contributed by atoms with Crippen molar-refractivity contribution < 1.29 is 19.0 Å². The molecule has 0 aliphatic heterocycles. The van der Waals surface area contributed by atoms with Crippen LogP contribution in [-0.2, 0) is 7.05 Å². The Morgan fingerprint density at radius 1 is 1.45 bits per heavy atom. The van der Waals surface area contributed by atoms with Crippen LogP contribution in [0.25, 0.3) is 11.3 Å². The van der Waals surface area contributed by atoms with E-state index < -0.39 is 11.8 Å². The zero-order valence-electron chi connectivity index (χ0n) is 11.4. The molecule has 0 radical (unpaired) electrons. The molecule has 0 saturated heterocycles. The van der Waals surface area contributed by atoms with Crippen LogP contribution in [0.3, 0.4) is 0 Å². The summed E-state index contributed by atoms with van der Waals surface area (Å²) in [7, 11) is 1.61. The van der Waals surface area contributed by atoms with Gasteiger partial charge in [-0.2, -0.15) is 5.10 Å². The molecule has 1 aromatic heterocycles. The Bertz CT molecular complexity index is 650. The largest absolute Gasteiger partial charge is 0.488 e. The van der Waals surface area contributed by atoms with Crippen molar-refractivity contribution in [1.29, 1.82) is 0 Å². The number of rotatable bonds is 4. The molecule has 0 aliphatic rings. The van der Waals surface area contributed by atoms with E-state index in [1.54, 1.807) is 27.0 Å². The van der Waals surface area contributed by atoms with E-state index in [0.29, 0.717) is 11.3 Å². The summed E-state index contributed by atoms with van der Waals surface area (Å²) in [5.41, 5.74) is 0.827. The van der Waals surface area contributed by atoms with Gasteiger partial charge in [-0.05, 0) is 32.0 Å². The Labute approximate surface area is 115 Å². The van der Waals surface area contributed by atoms with Gasteiger partial charge in [0.15, 0.2) is 11.6 Å². The zero-order chi connectivity index (χ0) is 14.9. The van der Waals surface area contributed by atoms with E-state index in [-0.39, 0.29) is 17.4 Å². The summed E-state index contributed by atoms with van der Waals surface area (Å²) in [6, 6.07) is 4.36. The summed E-state index contributed by atoms with van der Waals surface area (Å²) in [4.78, 5) is 11.1. The van der Waals surface area contributed by atoms with Crippen molar-refractivity contribution >= 4 is 5.97 Å². The average molecular weight is 278 g/mol. The summed E-state index contributed by atoms with van der Waals surface area (Å²) in [6.45, 7) is 3.61. The second kappa shape index (κ2) is 5.32. The van der Waals surface area contributed by atoms with E-state index in [4.69, 9.17) is 9.84 Å². The van der Waals surface area contributed by atoms with Crippen molar-refractivity contribution in [3.05, 3.63) is 35.8 Å². The average Bonchev–Trinajstić information content (AvgIpc) is 2.73. The lowest BCUT2D eigenvalue weighted by Gasteiger charge is -2.12. The summed E-state index contributed by atoms with van der Waals surface area (Å²) in [5.74, 6) is -1.49. The fourth-order valence-corrected chi connectivity index (χ4v) is 1.93. The lowest BCUT2D eigenvalue weighted by Crippen LogP contribution is -2.07. The highest BCUT2D eigenvalue weighted by molar-refractivity contribution is 5.94. The first-order chi connectivity index (χ1) is 9.40. The lowest BCUT2D eigenvalue weighted by atomic mass is 10.1. The molecule has 0 atom stereocenters. The minimum atomic E-state index is -1.10. The normalized spacial score (nSPS) is 10.8. The fourth-order valence-electron chi connectivity index (χ4n) is 1.93. The third kappa shape index (κ3) is 2.64. The molecule has 0 amide bonds. The Morgan fingerprint density at radius 2 is 2.15 bits per heavy atom. The van der Waals surface area contributed by atoms with Gasteiger partial charge in [0.1, 0.15) is 5.56 Å². The maximum atomic E-state index is 14.0. The van der Waals surface area contributed by atoms with Gasteiger partial charge in [0, 0.05) is 12.6 Å². The van der Waals surface area contributed by atoms with Crippen LogP contribution in [0.2, 0.25) is 0 Å². The van der Waals surface area contributed by atoms with Crippen LogP contribution in [-0.4, -0.2) is 27.0 Å². The molecular formula is C14H15FN2O3. The summed E-state index contributed by atoms with van der Waals surface area (Å²) in [5, 5.41) is 13.0. The highest BCUT2D eigenvalue weighted by atomic mass is 19.1. The molecule has 1 N–H and O–H groups in total. The molecule has 0 saturated carbocycles. The number of aromatic carboxylic acids is 1. The maximum Gasteiger partial charge on any atom is 0.339 e. The molecule has 1 heterocycles. The van der Waals surface area contributed by atoms with E-state index >= 15 is 0 Å². The number of hydrogen-bond acceptors (Lipinski definition) is 3. The third-order valence-corrected chi connectivity index (χ3v) is 2.74. The van der Waals surface area contributed by atoms with Crippen LogP contribution in [0, 0.1) is 5.82 Å². The predicted octanol–water partition coefficient (Wildman–Crippen LogP) is 2.71. The lowest BCUT2D eigenvalue weighted by molar-refractivity contribution is 0.0697.